The van der Waals surface area contributed by atoms with Gasteiger partial charge < -0.3 is 15.6 Å². The monoisotopic (exact) mass is 286 g/mol. The molecule has 1 saturated heterocycles. The minimum atomic E-state index is -0.437. The Morgan fingerprint density at radius 3 is 2.95 bits per heavy atom. The van der Waals surface area contributed by atoms with Crippen LogP contribution in [-0.2, 0) is 16.0 Å². The zero-order chi connectivity index (χ0) is 14.8. The third kappa shape index (κ3) is 2.74. The molecule has 2 aromatic rings. The van der Waals surface area contributed by atoms with E-state index in [9.17, 15) is 9.59 Å². The number of aromatic amines is 1. The second kappa shape index (κ2) is 5.55. The largest absolute Gasteiger partial charge is 0.368 e. The Kier molecular flexibility index (Phi) is 3.60. The van der Waals surface area contributed by atoms with Crippen molar-refractivity contribution in [2.24, 2.45) is 5.73 Å². The van der Waals surface area contributed by atoms with Gasteiger partial charge in [0.1, 0.15) is 11.9 Å². The summed E-state index contributed by atoms with van der Waals surface area (Å²) in [5, 5.41) is 0. The molecule has 1 aromatic carbocycles. The van der Waals surface area contributed by atoms with Crippen LogP contribution in [0.3, 0.4) is 0 Å². The molecule has 6 heteroatoms. The molecule has 1 aliphatic rings. The van der Waals surface area contributed by atoms with Crippen molar-refractivity contribution < 1.29 is 9.59 Å². The van der Waals surface area contributed by atoms with Gasteiger partial charge in [0.25, 0.3) is 0 Å². The molecule has 0 radical (unpaired) electrons. The number of carbonyl (C=O) groups excluding carboxylic acids is 2. The van der Waals surface area contributed by atoms with E-state index in [1.165, 1.54) is 0 Å². The number of nitrogens with two attached hydrogens (primary N) is 1. The molecule has 6 nitrogen and oxygen atoms in total. The molecule has 0 saturated carbocycles. The second-order valence-electron chi connectivity index (χ2n) is 5.35. The first-order chi connectivity index (χ1) is 10.1. The number of nitrogens with one attached hydrogen (secondary N) is 1. The average molecular weight is 286 g/mol. The van der Waals surface area contributed by atoms with Gasteiger partial charge in [0, 0.05) is 19.4 Å². The van der Waals surface area contributed by atoms with E-state index in [1.54, 1.807) is 4.90 Å². The summed E-state index contributed by atoms with van der Waals surface area (Å²) in [7, 11) is 0. The lowest BCUT2D eigenvalue weighted by Crippen LogP contribution is -2.43. The molecule has 3 rings (SSSR count). The smallest absolute Gasteiger partial charge is 0.240 e. The molecule has 110 valence electrons. The number of aromatic nitrogens is 2. The first-order valence-electron chi connectivity index (χ1n) is 7.17. The number of rotatable bonds is 4. The Morgan fingerprint density at radius 2 is 2.19 bits per heavy atom. The Morgan fingerprint density at radius 1 is 1.38 bits per heavy atom. The Hall–Kier alpha value is -2.37. The highest BCUT2D eigenvalue weighted by molar-refractivity contribution is 5.87. The first kappa shape index (κ1) is 13.6. The SMILES string of the molecule is NC(=O)C1CCCN1C(=O)CCc1nc2ccccc2[nH]1. The predicted molar refractivity (Wildman–Crippen MR) is 78.3 cm³/mol. The molecule has 1 aromatic heterocycles. The molecule has 0 spiro atoms. The number of H-pyrrole nitrogens is 1. The maximum atomic E-state index is 12.2. The molecule has 2 amide bonds. The van der Waals surface area contributed by atoms with Gasteiger partial charge in [-0.25, -0.2) is 4.98 Å². The lowest BCUT2D eigenvalue weighted by molar-refractivity contribution is -0.137. The van der Waals surface area contributed by atoms with Crippen molar-refractivity contribution in [2.45, 2.75) is 31.7 Å². The second-order valence-corrected chi connectivity index (χ2v) is 5.35. The van der Waals surface area contributed by atoms with Crippen molar-refractivity contribution in [3.8, 4) is 0 Å². The van der Waals surface area contributed by atoms with Gasteiger partial charge in [0.2, 0.25) is 11.8 Å². The maximum absolute atomic E-state index is 12.2. The Balaban J connectivity index is 1.64. The highest BCUT2D eigenvalue weighted by Gasteiger charge is 2.32. The maximum Gasteiger partial charge on any atom is 0.240 e. The molecule has 3 N–H and O–H groups in total. The molecule has 0 aliphatic carbocycles. The minimum Gasteiger partial charge on any atom is -0.368 e. The zero-order valence-electron chi connectivity index (χ0n) is 11.7. The number of likely N-dealkylation sites (tertiary alicyclic amines) is 1. The van der Waals surface area contributed by atoms with Crippen molar-refractivity contribution in [1.82, 2.24) is 14.9 Å². The number of nitrogens with zero attached hydrogens (tertiary/aromatic N) is 2. The van der Waals surface area contributed by atoms with Crippen molar-refractivity contribution >= 4 is 22.8 Å². The number of carbonyl (C=O) groups is 2. The molecule has 0 bridgehead atoms. The van der Waals surface area contributed by atoms with Gasteiger partial charge in [0.15, 0.2) is 0 Å². The van der Waals surface area contributed by atoms with Gasteiger partial charge in [-0.3, -0.25) is 9.59 Å². The van der Waals surface area contributed by atoms with Crippen molar-refractivity contribution in [2.75, 3.05) is 6.54 Å². The summed E-state index contributed by atoms with van der Waals surface area (Å²) in [4.78, 5) is 32.8. The van der Waals surface area contributed by atoms with Crippen LogP contribution in [-0.4, -0.2) is 39.3 Å². The van der Waals surface area contributed by atoms with Crippen LogP contribution in [0, 0.1) is 0 Å². The number of aryl methyl sites for hydroxylation is 1. The molecule has 2 heterocycles. The first-order valence-corrected chi connectivity index (χ1v) is 7.17. The third-order valence-corrected chi connectivity index (χ3v) is 3.92. The van der Waals surface area contributed by atoms with E-state index in [0.29, 0.717) is 25.8 Å². The van der Waals surface area contributed by atoms with E-state index in [1.807, 2.05) is 24.3 Å². The number of hydrogen-bond acceptors (Lipinski definition) is 3. The van der Waals surface area contributed by atoms with Gasteiger partial charge >= 0.3 is 0 Å². The van der Waals surface area contributed by atoms with E-state index in [-0.39, 0.29) is 5.91 Å². The fourth-order valence-electron chi connectivity index (χ4n) is 2.85. The minimum absolute atomic E-state index is 0.0308. The third-order valence-electron chi connectivity index (χ3n) is 3.92. The molecule has 1 atom stereocenters. The summed E-state index contributed by atoms with van der Waals surface area (Å²) in [6, 6.07) is 7.32. The number of amides is 2. The number of benzene rings is 1. The van der Waals surface area contributed by atoms with Gasteiger partial charge in [-0.1, -0.05) is 12.1 Å². The van der Waals surface area contributed by atoms with Crippen LogP contribution in [0.15, 0.2) is 24.3 Å². The van der Waals surface area contributed by atoms with Crippen LogP contribution in [0.4, 0.5) is 0 Å². The molecule has 1 unspecified atom stereocenters. The Labute approximate surface area is 122 Å². The van der Waals surface area contributed by atoms with Crippen LogP contribution in [0.5, 0.6) is 0 Å². The van der Waals surface area contributed by atoms with Crippen LogP contribution >= 0.6 is 0 Å². The fourth-order valence-corrected chi connectivity index (χ4v) is 2.85. The van der Waals surface area contributed by atoms with E-state index in [0.717, 1.165) is 23.3 Å². The van der Waals surface area contributed by atoms with Crippen molar-refractivity contribution in [3.05, 3.63) is 30.1 Å². The molecule has 1 fully saturated rings. The predicted octanol–water partition coefficient (Wildman–Crippen LogP) is 0.972. The summed E-state index contributed by atoms with van der Waals surface area (Å²) < 4.78 is 0. The van der Waals surface area contributed by atoms with Gasteiger partial charge in [-0.15, -0.1) is 0 Å². The zero-order valence-corrected chi connectivity index (χ0v) is 11.7. The van der Waals surface area contributed by atoms with E-state index >= 15 is 0 Å². The van der Waals surface area contributed by atoms with Crippen molar-refractivity contribution in [3.63, 3.8) is 0 Å². The van der Waals surface area contributed by atoms with Gasteiger partial charge in [-0.05, 0) is 25.0 Å². The summed E-state index contributed by atoms with van der Waals surface area (Å²) in [6.07, 6.45) is 2.38. The topological polar surface area (TPSA) is 92.1 Å². The number of para-hydroxylation sites is 2. The molecular weight excluding hydrogens is 268 g/mol. The average Bonchev–Trinajstić information content (AvgIpc) is 3.10. The van der Waals surface area contributed by atoms with Crippen LogP contribution in [0.1, 0.15) is 25.1 Å². The summed E-state index contributed by atoms with van der Waals surface area (Å²) in [5.41, 5.74) is 7.20. The highest BCUT2D eigenvalue weighted by Crippen LogP contribution is 2.19. The van der Waals surface area contributed by atoms with Crippen LogP contribution in [0.25, 0.3) is 11.0 Å². The van der Waals surface area contributed by atoms with Crippen LogP contribution in [0.2, 0.25) is 0 Å². The summed E-state index contributed by atoms with van der Waals surface area (Å²) in [6.45, 7) is 0.618. The van der Waals surface area contributed by atoms with E-state index in [4.69, 9.17) is 5.73 Å². The van der Waals surface area contributed by atoms with Crippen molar-refractivity contribution in [1.29, 1.82) is 0 Å². The number of imidazole rings is 1. The standard InChI is InChI=1S/C15H18N4O2/c16-15(21)12-6-3-9-19(12)14(20)8-7-13-17-10-4-1-2-5-11(10)18-13/h1-2,4-5,12H,3,6-9H2,(H2,16,21)(H,17,18). The quantitative estimate of drug-likeness (QED) is 0.877. The fraction of sp³-hybridized carbons (Fsp3) is 0.400. The molecular formula is C15H18N4O2. The Bertz CT molecular complexity index is 646. The summed E-state index contributed by atoms with van der Waals surface area (Å²) in [5.74, 6) is 0.348. The normalized spacial score (nSPS) is 18.3. The van der Waals surface area contributed by atoms with Gasteiger partial charge in [-0.2, -0.15) is 0 Å². The number of hydrogen-bond donors (Lipinski definition) is 2. The number of primary amides is 1. The molecule has 1 aliphatic heterocycles. The van der Waals surface area contributed by atoms with E-state index in [2.05, 4.69) is 9.97 Å². The summed E-state index contributed by atoms with van der Waals surface area (Å²) >= 11 is 0. The van der Waals surface area contributed by atoms with E-state index < -0.39 is 11.9 Å². The van der Waals surface area contributed by atoms with Gasteiger partial charge in [0.05, 0.1) is 11.0 Å². The van der Waals surface area contributed by atoms with Crippen LogP contribution < -0.4 is 5.73 Å². The highest BCUT2D eigenvalue weighted by atomic mass is 16.2. The lowest BCUT2D eigenvalue weighted by atomic mass is 10.2. The lowest BCUT2D eigenvalue weighted by Gasteiger charge is -2.21. The molecule has 21 heavy (non-hydrogen) atoms. The number of fused-ring (bicyclic) bond motifs is 1.